The molecule has 1 fully saturated rings. The molecule has 1 amide bonds. The van der Waals surface area contributed by atoms with Gasteiger partial charge in [0.25, 0.3) is 5.91 Å². The number of carbonyl (C=O) groups is 1. The zero-order valence-electron chi connectivity index (χ0n) is 21.3. The van der Waals surface area contributed by atoms with Crippen LogP contribution in [0.5, 0.6) is 0 Å². The molecule has 1 atom stereocenters. The zero-order valence-corrected chi connectivity index (χ0v) is 21.3. The van der Waals surface area contributed by atoms with Gasteiger partial charge in [0.1, 0.15) is 0 Å². The zero-order chi connectivity index (χ0) is 25.1. The van der Waals surface area contributed by atoms with Crippen LogP contribution in [0, 0.1) is 11.3 Å². The average Bonchev–Trinajstić information content (AvgIpc) is 3.52. The summed E-state index contributed by atoms with van der Waals surface area (Å²) in [4.78, 5) is 16.1. The van der Waals surface area contributed by atoms with Crippen LogP contribution >= 0.6 is 0 Å². The van der Waals surface area contributed by atoms with Gasteiger partial charge in [-0.05, 0) is 89.2 Å². The monoisotopic (exact) mass is 480 g/mol. The van der Waals surface area contributed by atoms with Gasteiger partial charge in [0.15, 0.2) is 0 Å². The van der Waals surface area contributed by atoms with Crippen LogP contribution in [0.1, 0.15) is 59.2 Å². The number of nitrogens with one attached hydrogen (secondary N) is 2. The van der Waals surface area contributed by atoms with Crippen molar-refractivity contribution in [1.29, 1.82) is 0 Å². The lowest BCUT2D eigenvalue weighted by Gasteiger charge is -2.22. The Bertz CT molecular complexity index is 1280. The van der Waals surface area contributed by atoms with E-state index in [-0.39, 0.29) is 0 Å². The molecule has 0 heterocycles. The maximum absolute atomic E-state index is 12.1. The van der Waals surface area contributed by atoms with Crippen molar-refractivity contribution >= 4 is 23.5 Å². The Morgan fingerprint density at radius 2 is 1.86 bits per heavy atom. The van der Waals surface area contributed by atoms with E-state index in [4.69, 9.17) is 5.73 Å². The number of fused-ring (bicyclic) bond motifs is 1. The Labute approximate surface area is 214 Å². The first-order chi connectivity index (χ1) is 17.5. The molecule has 5 heteroatoms. The number of hydrogen-bond acceptors (Lipinski definition) is 3. The van der Waals surface area contributed by atoms with Gasteiger partial charge in [-0.2, -0.15) is 0 Å². The van der Waals surface area contributed by atoms with Crippen LogP contribution in [0.15, 0.2) is 65.8 Å². The molecule has 3 aliphatic rings. The number of nitrogens with zero attached hydrogens (tertiary/aromatic N) is 1. The number of allylic oxidation sites excluding steroid dienone is 5. The number of amides is 1. The number of hydrogen-bond donors (Lipinski definition) is 3. The molecule has 0 saturated heterocycles. The molecule has 0 bridgehead atoms. The third kappa shape index (κ3) is 4.62. The molecule has 5 nitrogen and oxygen atoms in total. The molecule has 0 aromatic heterocycles. The quantitative estimate of drug-likeness (QED) is 0.342. The lowest BCUT2D eigenvalue weighted by atomic mass is 9.82. The molecule has 2 aromatic carbocycles. The fraction of sp³-hybridized carbons (Fsp3) is 0.355. The second kappa shape index (κ2) is 10.2. The number of nitrogens with two attached hydrogens (primary N) is 1. The van der Waals surface area contributed by atoms with Crippen LogP contribution < -0.4 is 16.4 Å². The molecule has 0 radical (unpaired) electrons. The molecule has 3 aliphatic carbocycles. The fourth-order valence-corrected chi connectivity index (χ4v) is 6.34. The van der Waals surface area contributed by atoms with Crippen LogP contribution in [-0.2, 0) is 12.8 Å². The summed E-state index contributed by atoms with van der Waals surface area (Å²) >= 11 is 0. The van der Waals surface area contributed by atoms with Gasteiger partial charge in [-0.25, -0.2) is 0 Å². The highest BCUT2D eigenvalue weighted by Crippen LogP contribution is 2.52. The first kappa shape index (κ1) is 24.1. The number of benzene rings is 2. The maximum Gasteiger partial charge on any atom is 0.250 e. The van der Waals surface area contributed by atoms with E-state index in [1.54, 1.807) is 13.4 Å². The van der Waals surface area contributed by atoms with E-state index in [0.717, 1.165) is 30.5 Å². The first-order valence-corrected chi connectivity index (χ1v) is 13.0. The number of anilines is 1. The van der Waals surface area contributed by atoms with E-state index in [1.807, 2.05) is 25.4 Å². The van der Waals surface area contributed by atoms with Crippen molar-refractivity contribution in [2.24, 2.45) is 22.1 Å². The summed E-state index contributed by atoms with van der Waals surface area (Å²) in [6.45, 7) is 0. The number of primary amides is 1. The van der Waals surface area contributed by atoms with Crippen LogP contribution in [0.2, 0.25) is 0 Å². The second-order valence-electron chi connectivity index (χ2n) is 10.4. The van der Waals surface area contributed by atoms with Gasteiger partial charge in [-0.1, -0.05) is 55.3 Å². The number of carbonyl (C=O) groups excluding carboxylic acids is 1. The van der Waals surface area contributed by atoms with Gasteiger partial charge < -0.3 is 16.4 Å². The minimum absolute atomic E-state index is 0.387. The van der Waals surface area contributed by atoms with E-state index in [2.05, 4.69) is 58.1 Å². The summed E-state index contributed by atoms with van der Waals surface area (Å²) in [6, 6.07) is 10.6. The molecule has 4 N–H and O–H groups in total. The lowest BCUT2D eigenvalue weighted by molar-refractivity contribution is 0.100. The van der Waals surface area contributed by atoms with Crippen molar-refractivity contribution in [2.75, 3.05) is 19.4 Å². The highest BCUT2D eigenvalue weighted by Gasteiger charge is 2.41. The Balaban J connectivity index is 1.51. The summed E-state index contributed by atoms with van der Waals surface area (Å²) < 4.78 is 0. The molecule has 2 aromatic rings. The van der Waals surface area contributed by atoms with Gasteiger partial charge in [0, 0.05) is 25.7 Å². The van der Waals surface area contributed by atoms with Crippen LogP contribution in [0.3, 0.4) is 0 Å². The highest BCUT2D eigenvalue weighted by molar-refractivity contribution is 6.00. The van der Waals surface area contributed by atoms with Crippen LogP contribution in [-0.4, -0.2) is 26.3 Å². The molecule has 36 heavy (non-hydrogen) atoms. The summed E-state index contributed by atoms with van der Waals surface area (Å²) in [5, 5.41) is 6.16. The molecular weight excluding hydrogens is 444 g/mol. The summed E-state index contributed by atoms with van der Waals surface area (Å²) in [7, 11) is 3.57. The minimum Gasteiger partial charge on any atom is -0.387 e. The van der Waals surface area contributed by atoms with Gasteiger partial charge in [0.05, 0.1) is 11.9 Å². The minimum atomic E-state index is -0.403. The Kier molecular flexibility index (Phi) is 6.82. The molecule has 1 unspecified atom stereocenters. The molecule has 1 spiro atoms. The predicted molar refractivity (Wildman–Crippen MR) is 150 cm³/mol. The van der Waals surface area contributed by atoms with Gasteiger partial charge in [0.2, 0.25) is 0 Å². The van der Waals surface area contributed by atoms with Crippen molar-refractivity contribution in [3.05, 3.63) is 83.1 Å². The smallest absolute Gasteiger partial charge is 0.250 e. The van der Waals surface area contributed by atoms with Crippen molar-refractivity contribution < 1.29 is 4.79 Å². The van der Waals surface area contributed by atoms with Crippen molar-refractivity contribution in [1.82, 2.24) is 5.32 Å². The van der Waals surface area contributed by atoms with Crippen molar-refractivity contribution in [3.8, 4) is 11.1 Å². The largest absolute Gasteiger partial charge is 0.387 e. The molecule has 0 aliphatic heterocycles. The Morgan fingerprint density at radius 1 is 1.11 bits per heavy atom. The predicted octanol–water partition coefficient (Wildman–Crippen LogP) is 5.87. The Morgan fingerprint density at radius 3 is 2.53 bits per heavy atom. The maximum atomic E-state index is 12.1. The highest BCUT2D eigenvalue weighted by atomic mass is 16.1. The molecule has 1 saturated carbocycles. The van der Waals surface area contributed by atoms with Gasteiger partial charge >= 0.3 is 0 Å². The fourth-order valence-electron chi connectivity index (χ4n) is 6.34. The number of rotatable bonds is 7. The average molecular weight is 481 g/mol. The van der Waals surface area contributed by atoms with Gasteiger partial charge in [-0.3, -0.25) is 9.79 Å². The summed E-state index contributed by atoms with van der Waals surface area (Å²) in [5.74, 6) is -0.0158. The van der Waals surface area contributed by atoms with Crippen LogP contribution in [0.25, 0.3) is 16.7 Å². The summed E-state index contributed by atoms with van der Waals surface area (Å²) in [6.07, 6.45) is 21.3. The number of aliphatic imine (C=N–C) groups is 1. The normalized spacial score (nSPS) is 20.3. The van der Waals surface area contributed by atoms with Crippen molar-refractivity contribution in [2.45, 2.75) is 44.9 Å². The second-order valence-corrected chi connectivity index (χ2v) is 10.4. The van der Waals surface area contributed by atoms with E-state index >= 15 is 0 Å². The van der Waals surface area contributed by atoms with E-state index in [9.17, 15) is 4.79 Å². The summed E-state index contributed by atoms with van der Waals surface area (Å²) in [5.41, 5.74) is 15.4. The standard InChI is InChI=1S/C31H36N4O/c1-33-20-35-16-13-21-5-7-22(8-6-21)24-10-11-25(23-9-12-29(34-2)26(17-23)30(32)36)28-19-31(18-27(24)28)14-3-4-15-31/h5,7-13,16-17,20-21,34H,3-4,6,14-15,18-19H2,1-2H3,(H2,32,36)(H,33,35)/b16-13+. The molecule has 5 rings (SSSR count). The third-order valence-corrected chi connectivity index (χ3v) is 8.15. The SMILES string of the molecule is CN=CN/C=C/C1C=CC(c2ccc(-c3ccc(NC)c(C(N)=O)c3)c3c2CC2(CCCC2)C3)=CC1. The third-order valence-electron chi connectivity index (χ3n) is 8.15. The van der Waals surface area contributed by atoms with E-state index in [0.29, 0.717) is 16.9 Å². The van der Waals surface area contributed by atoms with Gasteiger partial charge in [-0.15, -0.1) is 0 Å². The molecule has 186 valence electrons. The van der Waals surface area contributed by atoms with Crippen molar-refractivity contribution in [3.63, 3.8) is 0 Å². The molecular formula is C31H36N4O. The van der Waals surface area contributed by atoms with E-state index in [1.165, 1.54) is 53.5 Å². The van der Waals surface area contributed by atoms with Crippen LogP contribution in [0.4, 0.5) is 5.69 Å². The lowest BCUT2D eigenvalue weighted by Crippen LogP contribution is -2.16. The topological polar surface area (TPSA) is 79.5 Å². The van der Waals surface area contributed by atoms with E-state index < -0.39 is 5.91 Å². The Hall–Kier alpha value is -3.60. The first-order valence-electron chi connectivity index (χ1n) is 13.0.